The number of hydrogen-bond donors (Lipinski definition) is 0. The smallest absolute Gasteiger partial charge is 0.147 e. The molecule has 0 radical (unpaired) electrons. The molecule has 0 fully saturated rings. The third-order valence-electron chi connectivity index (χ3n) is 2.83. The fourth-order valence-electron chi connectivity index (χ4n) is 2.03. The van der Waals surface area contributed by atoms with E-state index in [1.807, 2.05) is 17.8 Å². The third-order valence-corrected chi connectivity index (χ3v) is 2.83. The lowest BCUT2D eigenvalue weighted by atomic mass is 10.1. The molecule has 2 aromatic rings. The standard InChI is InChI=1S/C12H12N4/c1-8-3-4-11(10-5-6-13-12(8)10)16-7-14-9(2)15-16/h3-4,6-7H,5H2,1-2H3. The van der Waals surface area contributed by atoms with Crippen LogP contribution in [0.4, 0.5) is 5.69 Å². The molecule has 0 bridgehead atoms. The first kappa shape index (κ1) is 9.27. The number of aliphatic imine (C=N–C) groups is 1. The van der Waals surface area contributed by atoms with Gasteiger partial charge in [0.25, 0.3) is 0 Å². The summed E-state index contributed by atoms with van der Waals surface area (Å²) in [5.74, 6) is 0.785. The van der Waals surface area contributed by atoms with Crippen LogP contribution >= 0.6 is 0 Å². The zero-order valence-electron chi connectivity index (χ0n) is 9.31. The highest BCUT2D eigenvalue weighted by Gasteiger charge is 2.15. The topological polar surface area (TPSA) is 43.1 Å². The number of hydrogen-bond acceptors (Lipinski definition) is 3. The molecule has 16 heavy (non-hydrogen) atoms. The lowest BCUT2D eigenvalue weighted by molar-refractivity contribution is 0.854. The summed E-state index contributed by atoms with van der Waals surface area (Å²) in [6.45, 7) is 3.97. The average Bonchev–Trinajstić information content (AvgIpc) is 2.87. The van der Waals surface area contributed by atoms with Gasteiger partial charge in [-0.05, 0) is 25.5 Å². The van der Waals surface area contributed by atoms with Crippen molar-refractivity contribution in [2.75, 3.05) is 0 Å². The first-order valence-corrected chi connectivity index (χ1v) is 5.29. The number of nitrogens with zero attached hydrogens (tertiary/aromatic N) is 4. The molecule has 1 aromatic carbocycles. The van der Waals surface area contributed by atoms with Gasteiger partial charge < -0.3 is 0 Å². The Labute approximate surface area is 93.7 Å². The Hall–Kier alpha value is -1.97. The Morgan fingerprint density at radius 3 is 2.88 bits per heavy atom. The Balaban J connectivity index is 2.21. The van der Waals surface area contributed by atoms with Crippen molar-refractivity contribution >= 4 is 11.9 Å². The highest BCUT2D eigenvalue weighted by atomic mass is 15.3. The predicted molar refractivity (Wildman–Crippen MR) is 62.7 cm³/mol. The summed E-state index contributed by atoms with van der Waals surface area (Å²) in [5, 5.41) is 4.34. The average molecular weight is 212 g/mol. The zero-order chi connectivity index (χ0) is 11.1. The predicted octanol–water partition coefficient (Wildman–Crippen LogP) is 2.14. The minimum absolute atomic E-state index is 0.785. The Bertz CT molecular complexity index is 581. The zero-order valence-corrected chi connectivity index (χ0v) is 9.31. The summed E-state index contributed by atoms with van der Waals surface area (Å²) in [6, 6.07) is 4.16. The number of rotatable bonds is 1. The van der Waals surface area contributed by atoms with Crippen LogP contribution in [0.2, 0.25) is 0 Å². The van der Waals surface area contributed by atoms with Gasteiger partial charge in [0, 0.05) is 18.2 Å². The molecule has 3 rings (SSSR count). The van der Waals surface area contributed by atoms with Gasteiger partial charge in [0.05, 0.1) is 11.4 Å². The van der Waals surface area contributed by atoms with E-state index in [9.17, 15) is 0 Å². The van der Waals surface area contributed by atoms with Gasteiger partial charge in [0.2, 0.25) is 0 Å². The van der Waals surface area contributed by atoms with Gasteiger partial charge in [0.1, 0.15) is 12.2 Å². The van der Waals surface area contributed by atoms with E-state index in [-0.39, 0.29) is 0 Å². The van der Waals surface area contributed by atoms with Crippen LogP contribution in [0.3, 0.4) is 0 Å². The maximum Gasteiger partial charge on any atom is 0.147 e. The minimum Gasteiger partial charge on any atom is -0.260 e. The van der Waals surface area contributed by atoms with Crippen molar-refractivity contribution in [3.05, 3.63) is 35.4 Å². The summed E-state index contributed by atoms with van der Waals surface area (Å²) < 4.78 is 1.82. The molecular weight excluding hydrogens is 200 g/mol. The summed E-state index contributed by atoms with van der Waals surface area (Å²) in [4.78, 5) is 8.56. The van der Waals surface area contributed by atoms with E-state index in [2.05, 4.69) is 34.1 Å². The first-order valence-electron chi connectivity index (χ1n) is 5.29. The maximum absolute atomic E-state index is 4.41. The van der Waals surface area contributed by atoms with Crippen LogP contribution in [0.5, 0.6) is 0 Å². The molecule has 4 heteroatoms. The molecule has 1 aliphatic rings. The van der Waals surface area contributed by atoms with Gasteiger partial charge >= 0.3 is 0 Å². The van der Waals surface area contributed by atoms with Gasteiger partial charge in [-0.15, -0.1) is 0 Å². The molecule has 0 N–H and O–H groups in total. The molecule has 1 aromatic heterocycles. The van der Waals surface area contributed by atoms with Crippen molar-refractivity contribution in [2.24, 2.45) is 4.99 Å². The van der Waals surface area contributed by atoms with E-state index in [1.165, 1.54) is 11.1 Å². The number of fused-ring (bicyclic) bond motifs is 1. The number of benzene rings is 1. The highest BCUT2D eigenvalue weighted by molar-refractivity contribution is 5.80. The maximum atomic E-state index is 4.41. The van der Waals surface area contributed by atoms with E-state index < -0.39 is 0 Å². The molecule has 2 heterocycles. The van der Waals surface area contributed by atoms with Crippen LogP contribution in [-0.4, -0.2) is 21.0 Å². The van der Waals surface area contributed by atoms with E-state index in [4.69, 9.17) is 0 Å². The van der Waals surface area contributed by atoms with Crippen molar-refractivity contribution in [2.45, 2.75) is 20.3 Å². The van der Waals surface area contributed by atoms with E-state index in [0.29, 0.717) is 0 Å². The highest BCUT2D eigenvalue weighted by Crippen LogP contribution is 2.32. The summed E-state index contributed by atoms with van der Waals surface area (Å²) in [6.07, 6.45) is 4.58. The van der Waals surface area contributed by atoms with Crippen LogP contribution < -0.4 is 0 Å². The SMILES string of the molecule is Cc1ncn(-c2ccc(C)c3c2CC=N3)n1. The van der Waals surface area contributed by atoms with E-state index >= 15 is 0 Å². The molecule has 0 atom stereocenters. The van der Waals surface area contributed by atoms with Crippen LogP contribution in [0, 0.1) is 13.8 Å². The summed E-state index contributed by atoms with van der Waals surface area (Å²) in [5.41, 5.74) is 4.62. The van der Waals surface area contributed by atoms with E-state index in [0.717, 1.165) is 23.6 Å². The van der Waals surface area contributed by atoms with Gasteiger partial charge in [-0.2, -0.15) is 5.10 Å². The molecule has 0 saturated carbocycles. The van der Waals surface area contributed by atoms with Crippen LogP contribution in [-0.2, 0) is 6.42 Å². The second kappa shape index (κ2) is 3.27. The lowest BCUT2D eigenvalue weighted by Gasteiger charge is -2.08. The summed E-state index contributed by atoms with van der Waals surface area (Å²) in [7, 11) is 0. The fraction of sp³-hybridized carbons (Fsp3) is 0.250. The van der Waals surface area contributed by atoms with Crippen LogP contribution in [0.25, 0.3) is 5.69 Å². The van der Waals surface area contributed by atoms with Crippen molar-refractivity contribution in [3.63, 3.8) is 0 Å². The van der Waals surface area contributed by atoms with Crippen molar-refractivity contribution in [1.29, 1.82) is 0 Å². The number of aromatic nitrogens is 3. The number of aryl methyl sites for hydroxylation is 2. The largest absolute Gasteiger partial charge is 0.260 e. The minimum atomic E-state index is 0.785. The van der Waals surface area contributed by atoms with Gasteiger partial charge in [-0.25, -0.2) is 9.67 Å². The van der Waals surface area contributed by atoms with Gasteiger partial charge in [-0.3, -0.25) is 4.99 Å². The van der Waals surface area contributed by atoms with E-state index in [1.54, 1.807) is 6.33 Å². The molecule has 1 aliphatic heterocycles. The van der Waals surface area contributed by atoms with Crippen LogP contribution in [0.15, 0.2) is 23.5 Å². The molecular formula is C12H12N4. The second-order valence-corrected chi connectivity index (χ2v) is 3.98. The molecule has 0 aliphatic carbocycles. The normalized spacial score (nSPS) is 13.1. The molecule has 0 saturated heterocycles. The monoisotopic (exact) mass is 212 g/mol. The van der Waals surface area contributed by atoms with Crippen molar-refractivity contribution in [3.8, 4) is 5.69 Å². The van der Waals surface area contributed by atoms with Gasteiger partial charge in [-0.1, -0.05) is 6.07 Å². The fourth-order valence-corrected chi connectivity index (χ4v) is 2.03. The Morgan fingerprint density at radius 1 is 1.25 bits per heavy atom. The molecule has 0 amide bonds. The molecule has 0 spiro atoms. The molecule has 0 unspecified atom stereocenters. The van der Waals surface area contributed by atoms with Gasteiger partial charge in [0.15, 0.2) is 0 Å². The second-order valence-electron chi connectivity index (χ2n) is 3.98. The molecule has 80 valence electrons. The Kier molecular flexibility index (Phi) is 1.89. The molecule has 4 nitrogen and oxygen atoms in total. The van der Waals surface area contributed by atoms with Crippen molar-refractivity contribution in [1.82, 2.24) is 14.8 Å². The first-order chi connectivity index (χ1) is 7.75. The Morgan fingerprint density at radius 2 is 2.12 bits per heavy atom. The summed E-state index contributed by atoms with van der Waals surface area (Å²) >= 11 is 0. The lowest BCUT2D eigenvalue weighted by Crippen LogP contribution is -2.00. The van der Waals surface area contributed by atoms with Crippen LogP contribution in [0.1, 0.15) is 17.0 Å². The third kappa shape index (κ3) is 1.26. The quantitative estimate of drug-likeness (QED) is 0.726. The van der Waals surface area contributed by atoms with Crippen molar-refractivity contribution < 1.29 is 0 Å².